The Morgan fingerprint density at radius 2 is 2.04 bits per heavy atom. The Bertz CT molecular complexity index is 876. The van der Waals surface area contributed by atoms with Gasteiger partial charge in [-0.3, -0.25) is 4.90 Å². The molecule has 5 nitrogen and oxygen atoms in total. The third-order valence-electron chi connectivity index (χ3n) is 4.69. The molecule has 0 aromatic heterocycles. The number of likely N-dealkylation sites (tertiary alicyclic amines) is 1. The maximum Gasteiger partial charge on any atom is 0.160 e. The van der Waals surface area contributed by atoms with Crippen LogP contribution in [0.15, 0.2) is 18.2 Å². The Morgan fingerprint density at radius 1 is 1.20 bits per heavy atom. The third-order valence-corrected chi connectivity index (χ3v) is 4.69. The molecule has 0 spiro atoms. The van der Waals surface area contributed by atoms with Crippen LogP contribution >= 0.6 is 0 Å². The minimum atomic E-state index is -2.81. The third kappa shape index (κ3) is 4.66. The SMILES string of the molecule is [2H]C([2H])([2H])Oc1ccc(CCO[C@@H]2CCCC[C@H]2N2C([2H])([2H])CC(O)C2([2H])[2H])cc1OC([2H])([2H])[2H]. The van der Waals surface area contributed by atoms with E-state index in [0.717, 1.165) is 17.7 Å². The summed E-state index contributed by atoms with van der Waals surface area (Å²) in [5.41, 5.74) is 0.608. The number of β-amino-alcohol motifs (C(OH)–C–C–N with tert-alkyl or cyclic N) is 1. The Morgan fingerprint density at radius 3 is 2.84 bits per heavy atom. The minimum absolute atomic E-state index is 0.177. The van der Waals surface area contributed by atoms with Gasteiger partial charge in [-0.25, -0.2) is 0 Å². The van der Waals surface area contributed by atoms with Crippen LogP contribution < -0.4 is 9.47 Å². The van der Waals surface area contributed by atoms with Crippen molar-refractivity contribution in [3.8, 4) is 11.5 Å². The Labute approximate surface area is 164 Å². The maximum atomic E-state index is 10.1. The van der Waals surface area contributed by atoms with Crippen molar-refractivity contribution < 1.29 is 33.0 Å². The van der Waals surface area contributed by atoms with Crippen LogP contribution in [0.25, 0.3) is 0 Å². The summed E-state index contributed by atoms with van der Waals surface area (Å²) in [4.78, 5) is 1.12. The van der Waals surface area contributed by atoms with Crippen molar-refractivity contribution in [3.63, 3.8) is 0 Å². The average molecular weight is 360 g/mol. The summed E-state index contributed by atoms with van der Waals surface area (Å²) in [5.74, 6) is -0.461. The smallest absolute Gasteiger partial charge is 0.160 e. The summed E-state index contributed by atoms with van der Waals surface area (Å²) < 4.78 is 92.6. The average Bonchev–Trinajstić information content (AvgIpc) is 2.84. The van der Waals surface area contributed by atoms with Gasteiger partial charge in [-0.1, -0.05) is 18.9 Å². The second kappa shape index (κ2) is 8.88. The van der Waals surface area contributed by atoms with Crippen LogP contribution in [0.2, 0.25) is 0 Å². The lowest BCUT2D eigenvalue weighted by atomic mass is 9.91. The van der Waals surface area contributed by atoms with Crippen LogP contribution in [0.4, 0.5) is 0 Å². The second-order valence-electron chi connectivity index (χ2n) is 6.37. The summed E-state index contributed by atoms with van der Waals surface area (Å²) in [5, 5.41) is 10.1. The number of hydrogen-bond donors (Lipinski definition) is 1. The van der Waals surface area contributed by atoms with E-state index in [1.165, 1.54) is 12.1 Å². The molecule has 1 heterocycles. The fraction of sp³-hybridized carbons (Fsp3) is 0.700. The van der Waals surface area contributed by atoms with Gasteiger partial charge in [0, 0.05) is 24.5 Å². The predicted molar refractivity (Wildman–Crippen MR) is 97.4 cm³/mol. The highest BCUT2D eigenvalue weighted by Crippen LogP contribution is 2.30. The van der Waals surface area contributed by atoms with Gasteiger partial charge in [-0.05, 0) is 43.4 Å². The predicted octanol–water partition coefficient (Wildman–Crippen LogP) is 2.64. The number of rotatable bonds is 7. The highest BCUT2D eigenvalue weighted by Gasteiger charge is 2.34. The van der Waals surface area contributed by atoms with E-state index in [0.29, 0.717) is 24.8 Å². The molecule has 1 saturated heterocycles. The van der Waals surface area contributed by atoms with Crippen LogP contribution in [0.3, 0.4) is 0 Å². The van der Waals surface area contributed by atoms with Gasteiger partial charge in [-0.15, -0.1) is 0 Å². The molecule has 0 radical (unpaired) electrons. The number of methoxy groups -OCH3 is 2. The first-order chi connectivity index (χ1) is 16.0. The molecule has 0 amide bonds. The van der Waals surface area contributed by atoms with Crippen molar-refractivity contribution in [2.45, 2.75) is 56.8 Å². The maximum absolute atomic E-state index is 10.1. The first-order valence-electron chi connectivity index (χ1n) is 13.6. The van der Waals surface area contributed by atoms with E-state index in [9.17, 15) is 5.11 Å². The molecule has 1 aliphatic carbocycles. The first kappa shape index (κ1) is 9.58. The molecule has 2 aliphatic rings. The van der Waals surface area contributed by atoms with Gasteiger partial charge in [-0.2, -0.15) is 0 Å². The second-order valence-corrected chi connectivity index (χ2v) is 6.37. The number of hydrogen-bond acceptors (Lipinski definition) is 5. The van der Waals surface area contributed by atoms with Gasteiger partial charge in [0.15, 0.2) is 11.5 Å². The lowest BCUT2D eigenvalue weighted by molar-refractivity contribution is -0.0316. The summed E-state index contributed by atoms with van der Waals surface area (Å²) in [6, 6.07) is 3.73. The molecule has 3 atom stereocenters. The molecular formula is C20H31NO4. The number of benzene rings is 1. The van der Waals surface area contributed by atoms with Crippen molar-refractivity contribution in [2.24, 2.45) is 0 Å². The summed E-state index contributed by atoms with van der Waals surface area (Å²) in [6.45, 7) is -4.05. The number of aliphatic hydroxyl groups excluding tert-OH is 1. The zero-order valence-corrected chi connectivity index (χ0v) is 14.0. The van der Waals surface area contributed by atoms with Crippen LogP contribution in [0.1, 0.15) is 51.4 Å². The number of aliphatic hydroxyl groups is 1. The van der Waals surface area contributed by atoms with Crippen molar-refractivity contribution in [2.75, 3.05) is 33.7 Å². The number of nitrogens with zero attached hydrogens (tertiary/aromatic N) is 1. The Balaban J connectivity index is 1.71. The van der Waals surface area contributed by atoms with Crippen molar-refractivity contribution in [1.29, 1.82) is 0 Å². The van der Waals surface area contributed by atoms with E-state index in [4.69, 9.17) is 27.9 Å². The van der Waals surface area contributed by atoms with Crippen molar-refractivity contribution in [1.82, 2.24) is 4.90 Å². The van der Waals surface area contributed by atoms with Gasteiger partial charge < -0.3 is 19.3 Å². The molecule has 140 valence electrons. The Hall–Kier alpha value is -1.30. The molecule has 1 aromatic rings. The minimum Gasteiger partial charge on any atom is -0.493 e. The van der Waals surface area contributed by atoms with Crippen LogP contribution in [-0.2, 0) is 11.2 Å². The lowest BCUT2D eigenvalue weighted by Crippen LogP contribution is -2.46. The molecule has 1 saturated carbocycles. The van der Waals surface area contributed by atoms with E-state index < -0.39 is 45.3 Å². The standard InChI is InChI=1S/C20H31NO4/c1-23-19-8-7-15(13-20(19)24-2)10-12-25-18-6-4-3-5-17(18)21-11-9-16(22)14-21/h7-8,13,16-18,22H,3-6,9-12,14H2,1-2H3/t16?,17-,18-/m1/s1/i1D3,2D3,11D2,14D2. The summed E-state index contributed by atoms with van der Waals surface area (Å²) >= 11 is 0. The van der Waals surface area contributed by atoms with Gasteiger partial charge in [0.1, 0.15) is 0 Å². The molecule has 1 N–H and O–H groups in total. The lowest BCUT2D eigenvalue weighted by Gasteiger charge is -2.37. The highest BCUT2D eigenvalue weighted by atomic mass is 16.5. The molecule has 2 fully saturated rings. The van der Waals surface area contributed by atoms with E-state index in [-0.39, 0.29) is 24.5 Å². The molecule has 1 aliphatic heterocycles. The van der Waals surface area contributed by atoms with Crippen LogP contribution in [-0.4, -0.2) is 61.9 Å². The molecular weight excluding hydrogens is 318 g/mol. The summed E-state index contributed by atoms with van der Waals surface area (Å²) in [6.07, 6.45) is 0.904. The zero-order valence-electron chi connectivity index (χ0n) is 24.0. The van der Waals surface area contributed by atoms with Gasteiger partial charge in [0.25, 0.3) is 0 Å². The Kier molecular flexibility index (Phi) is 3.40. The monoisotopic (exact) mass is 359 g/mol. The van der Waals surface area contributed by atoms with Crippen LogP contribution in [0.5, 0.6) is 11.5 Å². The van der Waals surface area contributed by atoms with Crippen molar-refractivity contribution in [3.05, 3.63) is 23.8 Å². The van der Waals surface area contributed by atoms with E-state index in [2.05, 4.69) is 0 Å². The largest absolute Gasteiger partial charge is 0.493 e. The molecule has 25 heavy (non-hydrogen) atoms. The van der Waals surface area contributed by atoms with Gasteiger partial charge >= 0.3 is 0 Å². The molecule has 3 rings (SSSR count). The summed E-state index contributed by atoms with van der Waals surface area (Å²) in [7, 11) is -5.60. The topological polar surface area (TPSA) is 51.2 Å². The zero-order chi connectivity index (χ0) is 26.2. The van der Waals surface area contributed by atoms with E-state index in [1.807, 2.05) is 0 Å². The van der Waals surface area contributed by atoms with Crippen LogP contribution in [0, 0.1) is 0 Å². The molecule has 0 bridgehead atoms. The van der Waals surface area contributed by atoms with E-state index >= 15 is 0 Å². The van der Waals surface area contributed by atoms with Crippen molar-refractivity contribution >= 4 is 0 Å². The quantitative estimate of drug-likeness (QED) is 0.811. The first-order valence-corrected chi connectivity index (χ1v) is 8.60. The van der Waals surface area contributed by atoms with Gasteiger partial charge in [0.05, 0.1) is 41.1 Å². The number of ether oxygens (including phenoxy) is 3. The molecule has 5 heteroatoms. The molecule has 1 aromatic carbocycles. The molecule has 1 unspecified atom stereocenters. The van der Waals surface area contributed by atoms with Gasteiger partial charge in [0.2, 0.25) is 0 Å². The highest BCUT2D eigenvalue weighted by molar-refractivity contribution is 5.42. The fourth-order valence-corrected chi connectivity index (χ4v) is 3.42. The normalized spacial score (nSPS) is 38.4. The van der Waals surface area contributed by atoms with E-state index in [1.54, 1.807) is 6.07 Å². The fourth-order valence-electron chi connectivity index (χ4n) is 3.42.